The summed E-state index contributed by atoms with van der Waals surface area (Å²) < 4.78 is -0.591. The van der Waals surface area contributed by atoms with Crippen molar-refractivity contribution >= 4 is 35.4 Å². The maximum Gasteiger partial charge on any atom is 0.327 e. The Morgan fingerprint density at radius 1 is 1.40 bits per heavy atom. The van der Waals surface area contributed by atoms with Gasteiger partial charge in [0.2, 0.25) is 5.91 Å². The number of amides is 1. The Hall–Kier alpha value is -0.360. The summed E-state index contributed by atoms with van der Waals surface area (Å²) in [5, 5.41) is 11.4. The van der Waals surface area contributed by atoms with E-state index in [4.69, 9.17) is 5.11 Å². The molecule has 0 saturated heterocycles. The predicted molar refractivity (Wildman–Crippen MR) is 65.5 cm³/mol. The van der Waals surface area contributed by atoms with Crippen LogP contribution in [0.25, 0.3) is 0 Å². The topological polar surface area (TPSA) is 66.4 Å². The van der Waals surface area contributed by atoms with E-state index in [1.54, 1.807) is 13.8 Å². The molecule has 0 unspecified atom stereocenters. The van der Waals surface area contributed by atoms with Gasteiger partial charge < -0.3 is 10.4 Å². The van der Waals surface area contributed by atoms with Gasteiger partial charge in [-0.3, -0.25) is 4.79 Å². The summed E-state index contributed by atoms with van der Waals surface area (Å²) in [7, 11) is 0. The second-order valence-electron chi connectivity index (χ2n) is 3.53. The number of thioether (sulfide) groups is 2. The van der Waals surface area contributed by atoms with E-state index < -0.39 is 16.8 Å². The number of hydrogen-bond donors (Lipinski definition) is 2. The first-order chi connectivity index (χ1) is 6.85. The molecule has 0 aliphatic rings. The molecule has 4 nitrogen and oxygen atoms in total. The van der Waals surface area contributed by atoms with Crippen LogP contribution in [0.5, 0.6) is 0 Å². The SMILES string of the molecule is CSC[C@H](NC(=O)C(C)(C)SC)C(=O)O. The van der Waals surface area contributed by atoms with E-state index in [0.717, 1.165) is 0 Å². The highest BCUT2D eigenvalue weighted by molar-refractivity contribution is 8.00. The summed E-state index contributed by atoms with van der Waals surface area (Å²) in [6, 6.07) is -0.807. The van der Waals surface area contributed by atoms with Gasteiger partial charge in [0.15, 0.2) is 0 Å². The van der Waals surface area contributed by atoms with Crippen molar-refractivity contribution in [1.82, 2.24) is 5.32 Å². The van der Waals surface area contributed by atoms with Gasteiger partial charge in [-0.05, 0) is 26.4 Å². The van der Waals surface area contributed by atoms with Crippen molar-refractivity contribution in [2.24, 2.45) is 0 Å². The first-order valence-electron chi connectivity index (χ1n) is 4.43. The van der Waals surface area contributed by atoms with E-state index in [-0.39, 0.29) is 5.91 Å². The molecule has 2 N–H and O–H groups in total. The lowest BCUT2D eigenvalue weighted by Gasteiger charge is -2.23. The molecule has 0 radical (unpaired) electrons. The number of carbonyl (C=O) groups excluding carboxylic acids is 1. The minimum Gasteiger partial charge on any atom is -0.480 e. The third kappa shape index (κ3) is 4.79. The molecular formula is C9H17NO3S2. The molecule has 1 atom stereocenters. The van der Waals surface area contributed by atoms with Crippen LogP contribution >= 0.6 is 23.5 Å². The molecule has 0 saturated carbocycles. The summed E-state index contributed by atoms with van der Waals surface area (Å²) in [6.07, 6.45) is 3.63. The standard InChI is InChI=1S/C9H17NO3S2/c1-9(2,15-4)8(13)10-6(5-14-3)7(11)12/h6H,5H2,1-4H3,(H,10,13)(H,11,12)/t6-/m0/s1. The number of rotatable bonds is 6. The maximum atomic E-state index is 11.7. The lowest BCUT2D eigenvalue weighted by atomic mass is 10.2. The van der Waals surface area contributed by atoms with Gasteiger partial charge in [0.25, 0.3) is 0 Å². The zero-order chi connectivity index (χ0) is 12.1. The average molecular weight is 251 g/mol. The van der Waals surface area contributed by atoms with Crippen LogP contribution in [0.4, 0.5) is 0 Å². The Kier molecular flexibility index (Phi) is 6.12. The molecule has 0 aliphatic heterocycles. The normalized spacial score (nSPS) is 13.3. The summed E-state index contributed by atoms with van der Waals surface area (Å²) in [4.78, 5) is 22.5. The highest BCUT2D eigenvalue weighted by Gasteiger charge is 2.30. The molecule has 0 aromatic rings. The van der Waals surface area contributed by atoms with Crippen LogP contribution in [-0.2, 0) is 9.59 Å². The lowest BCUT2D eigenvalue weighted by molar-refractivity contribution is -0.141. The number of carboxylic acid groups (broad SMARTS) is 1. The van der Waals surface area contributed by atoms with Crippen molar-refractivity contribution in [3.8, 4) is 0 Å². The smallest absolute Gasteiger partial charge is 0.327 e. The van der Waals surface area contributed by atoms with Gasteiger partial charge >= 0.3 is 5.97 Å². The summed E-state index contributed by atoms with van der Waals surface area (Å²) in [5.74, 6) is -0.850. The van der Waals surface area contributed by atoms with E-state index in [9.17, 15) is 9.59 Å². The van der Waals surface area contributed by atoms with Gasteiger partial charge in [-0.15, -0.1) is 11.8 Å². The van der Waals surface area contributed by atoms with Crippen molar-refractivity contribution in [3.63, 3.8) is 0 Å². The maximum absolute atomic E-state index is 11.7. The van der Waals surface area contributed by atoms with Crippen molar-refractivity contribution in [3.05, 3.63) is 0 Å². The van der Waals surface area contributed by atoms with Crippen molar-refractivity contribution < 1.29 is 14.7 Å². The van der Waals surface area contributed by atoms with Crippen LogP contribution in [0.1, 0.15) is 13.8 Å². The molecule has 0 bridgehead atoms. The Morgan fingerprint density at radius 2 is 1.93 bits per heavy atom. The minimum atomic E-state index is -0.991. The number of aliphatic carboxylic acids is 1. The molecule has 1 amide bonds. The van der Waals surface area contributed by atoms with Crippen LogP contribution in [0.15, 0.2) is 0 Å². The Balaban J connectivity index is 4.41. The van der Waals surface area contributed by atoms with E-state index in [1.807, 2.05) is 12.5 Å². The monoisotopic (exact) mass is 251 g/mol. The fourth-order valence-corrected chi connectivity index (χ4v) is 1.57. The van der Waals surface area contributed by atoms with Crippen LogP contribution in [0.3, 0.4) is 0 Å². The predicted octanol–water partition coefficient (Wildman–Crippen LogP) is 1.06. The average Bonchev–Trinajstić information content (AvgIpc) is 2.16. The lowest BCUT2D eigenvalue weighted by Crippen LogP contribution is -2.49. The first kappa shape index (κ1) is 14.6. The molecule has 0 rings (SSSR count). The van der Waals surface area contributed by atoms with Crippen LogP contribution in [-0.4, -0.2) is 46.0 Å². The Morgan fingerprint density at radius 3 is 2.27 bits per heavy atom. The summed E-state index contributed by atoms with van der Waals surface area (Å²) in [5.41, 5.74) is 0. The molecule has 0 fully saturated rings. The number of carboxylic acids is 1. The molecule has 15 heavy (non-hydrogen) atoms. The zero-order valence-electron chi connectivity index (χ0n) is 9.36. The van der Waals surface area contributed by atoms with Gasteiger partial charge in [0.1, 0.15) is 6.04 Å². The molecule has 0 aliphatic carbocycles. The quantitative estimate of drug-likeness (QED) is 0.739. The number of hydrogen-bond acceptors (Lipinski definition) is 4. The Bertz CT molecular complexity index is 244. The third-order valence-electron chi connectivity index (χ3n) is 1.99. The van der Waals surface area contributed by atoms with E-state index >= 15 is 0 Å². The molecule has 88 valence electrons. The van der Waals surface area contributed by atoms with Gasteiger partial charge in [-0.25, -0.2) is 4.79 Å². The summed E-state index contributed by atoms with van der Waals surface area (Å²) >= 11 is 2.79. The molecule has 0 heterocycles. The van der Waals surface area contributed by atoms with Crippen LogP contribution in [0, 0.1) is 0 Å². The van der Waals surface area contributed by atoms with Crippen LogP contribution < -0.4 is 5.32 Å². The van der Waals surface area contributed by atoms with Gasteiger partial charge in [0.05, 0.1) is 4.75 Å². The van der Waals surface area contributed by atoms with Crippen LogP contribution in [0.2, 0.25) is 0 Å². The minimum absolute atomic E-state index is 0.239. The first-order valence-corrected chi connectivity index (χ1v) is 7.05. The van der Waals surface area contributed by atoms with Gasteiger partial charge in [-0.1, -0.05) is 0 Å². The zero-order valence-corrected chi connectivity index (χ0v) is 11.0. The molecule has 0 aromatic carbocycles. The largest absolute Gasteiger partial charge is 0.480 e. The second-order valence-corrected chi connectivity index (χ2v) is 5.87. The number of carbonyl (C=O) groups is 2. The van der Waals surface area contributed by atoms with E-state index in [1.165, 1.54) is 23.5 Å². The van der Waals surface area contributed by atoms with E-state index in [0.29, 0.717) is 5.75 Å². The molecule has 0 spiro atoms. The van der Waals surface area contributed by atoms with Crippen molar-refractivity contribution in [1.29, 1.82) is 0 Å². The molecular weight excluding hydrogens is 234 g/mol. The third-order valence-corrected chi connectivity index (χ3v) is 3.87. The molecule has 6 heteroatoms. The number of nitrogens with one attached hydrogen (secondary N) is 1. The van der Waals surface area contributed by atoms with Gasteiger partial charge in [0, 0.05) is 5.75 Å². The fourth-order valence-electron chi connectivity index (χ4n) is 0.766. The van der Waals surface area contributed by atoms with Crippen molar-refractivity contribution in [2.45, 2.75) is 24.6 Å². The van der Waals surface area contributed by atoms with Crippen molar-refractivity contribution in [2.75, 3.05) is 18.3 Å². The van der Waals surface area contributed by atoms with Gasteiger partial charge in [-0.2, -0.15) is 11.8 Å². The van der Waals surface area contributed by atoms with E-state index in [2.05, 4.69) is 5.32 Å². The second kappa shape index (κ2) is 6.27. The summed E-state index contributed by atoms with van der Waals surface area (Å²) in [6.45, 7) is 3.54. The highest BCUT2D eigenvalue weighted by Crippen LogP contribution is 2.21. The fraction of sp³-hybridized carbons (Fsp3) is 0.778. The highest BCUT2D eigenvalue weighted by atomic mass is 32.2. The molecule has 0 aromatic heterocycles. The Labute approximate surface area is 98.6 Å².